The lowest BCUT2D eigenvalue weighted by Gasteiger charge is -2.09. The van der Waals surface area contributed by atoms with Gasteiger partial charge in [-0.3, -0.25) is 9.82 Å². The van der Waals surface area contributed by atoms with E-state index < -0.39 is 10.0 Å². The summed E-state index contributed by atoms with van der Waals surface area (Å²) in [5.74, 6) is -0.249. The Balaban J connectivity index is 2.27. The van der Waals surface area contributed by atoms with Crippen LogP contribution in [0.4, 0.5) is 5.69 Å². The van der Waals surface area contributed by atoms with Gasteiger partial charge < -0.3 is 0 Å². The number of aryl methyl sites for hydroxylation is 2. The number of benzene rings is 1. The number of rotatable bonds is 4. The Morgan fingerprint density at radius 3 is 2.65 bits per heavy atom. The molecule has 0 fully saturated rings. The summed E-state index contributed by atoms with van der Waals surface area (Å²) in [7, 11) is -3.60. The van der Waals surface area contributed by atoms with E-state index in [0.29, 0.717) is 28.2 Å². The van der Waals surface area contributed by atoms with Gasteiger partial charge in [-0.25, -0.2) is 8.42 Å². The van der Waals surface area contributed by atoms with Crippen molar-refractivity contribution in [1.82, 2.24) is 10.2 Å². The van der Waals surface area contributed by atoms with Crippen LogP contribution in [-0.4, -0.2) is 18.6 Å². The minimum Gasteiger partial charge on any atom is -0.280 e. The van der Waals surface area contributed by atoms with Crippen LogP contribution in [0, 0.1) is 25.2 Å². The van der Waals surface area contributed by atoms with Gasteiger partial charge in [0, 0.05) is 0 Å². The van der Waals surface area contributed by atoms with Crippen molar-refractivity contribution in [1.29, 1.82) is 5.26 Å². The van der Waals surface area contributed by atoms with Gasteiger partial charge in [0.2, 0.25) is 10.0 Å². The molecule has 0 spiro atoms. The second-order valence-electron chi connectivity index (χ2n) is 4.44. The van der Waals surface area contributed by atoms with E-state index in [1.54, 1.807) is 38.1 Å². The van der Waals surface area contributed by atoms with Crippen molar-refractivity contribution in [2.45, 2.75) is 19.6 Å². The van der Waals surface area contributed by atoms with Crippen molar-refractivity contribution in [2.75, 3.05) is 4.72 Å². The largest absolute Gasteiger partial charge is 0.280 e. The van der Waals surface area contributed by atoms with Gasteiger partial charge in [-0.1, -0.05) is 18.2 Å². The number of hydrogen-bond acceptors (Lipinski definition) is 4. The van der Waals surface area contributed by atoms with E-state index in [-0.39, 0.29) is 5.75 Å². The highest BCUT2D eigenvalue weighted by atomic mass is 32.2. The van der Waals surface area contributed by atoms with Crippen molar-refractivity contribution in [3.8, 4) is 6.07 Å². The second-order valence-corrected chi connectivity index (χ2v) is 6.16. The molecule has 6 nitrogen and oxygen atoms in total. The van der Waals surface area contributed by atoms with Crippen LogP contribution in [0.1, 0.15) is 22.5 Å². The van der Waals surface area contributed by atoms with Crippen LogP contribution in [0.3, 0.4) is 0 Å². The number of H-pyrrole nitrogens is 1. The van der Waals surface area contributed by atoms with E-state index in [9.17, 15) is 8.42 Å². The first-order chi connectivity index (χ1) is 9.43. The number of nitrogens with one attached hydrogen (secondary N) is 2. The van der Waals surface area contributed by atoms with Gasteiger partial charge in [-0.2, -0.15) is 10.4 Å². The number of aromatic nitrogens is 2. The molecule has 104 valence electrons. The topological polar surface area (TPSA) is 98.6 Å². The average molecular weight is 290 g/mol. The van der Waals surface area contributed by atoms with Gasteiger partial charge in [0.1, 0.15) is 0 Å². The van der Waals surface area contributed by atoms with Gasteiger partial charge in [0.15, 0.2) is 0 Å². The molecule has 0 saturated carbocycles. The van der Waals surface area contributed by atoms with Crippen molar-refractivity contribution in [3.05, 3.63) is 46.8 Å². The van der Waals surface area contributed by atoms with Crippen molar-refractivity contribution in [2.24, 2.45) is 0 Å². The SMILES string of the molecule is Cc1n[nH]c(C)c1NS(=O)(=O)Cc1ccccc1C#N. The summed E-state index contributed by atoms with van der Waals surface area (Å²) in [4.78, 5) is 0. The quantitative estimate of drug-likeness (QED) is 0.897. The van der Waals surface area contributed by atoms with Gasteiger partial charge in [-0.05, 0) is 25.5 Å². The molecule has 0 bridgehead atoms. The maximum Gasteiger partial charge on any atom is 0.237 e. The van der Waals surface area contributed by atoms with E-state index in [2.05, 4.69) is 14.9 Å². The van der Waals surface area contributed by atoms with Crippen LogP contribution in [0.25, 0.3) is 0 Å². The molecule has 0 aliphatic rings. The predicted octanol–water partition coefficient (Wildman–Crippen LogP) is 1.84. The highest BCUT2D eigenvalue weighted by Gasteiger charge is 2.17. The first-order valence-corrected chi connectivity index (χ1v) is 7.58. The van der Waals surface area contributed by atoms with Crippen molar-refractivity contribution >= 4 is 15.7 Å². The minimum absolute atomic E-state index is 0.249. The molecule has 2 aromatic rings. The Hall–Kier alpha value is -2.33. The number of aromatic amines is 1. The third kappa shape index (κ3) is 2.97. The van der Waals surface area contributed by atoms with Crippen LogP contribution in [-0.2, 0) is 15.8 Å². The zero-order valence-corrected chi connectivity index (χ0v) is 12.0. The predicted molar refractivity (Wildman–Crippen MR) is 75.5 cm³/mol. The van der Waals surface area contributed by atoms with Gasteiger partial charge in [0.25, 0.3) is 0 Å². The number of hydrogen-bond donors (Lipinski definition) is 2. The smallest absolute Gasteiger partial charge is 0.237 e. The molecule has 0 radical (unpaired) electrons. The maximum atomic E-state index is 12.2. The maximum absolute atomic E-state index is 12.2. The molecular weight excluding hydrogens is 276 g/mol. The molecule has 0 unspecified atom stereocenters. The van der Waals surface area contributed by atoms with Crippen LogP contribution in [0.2, 0.25) is 0 Å². The second kappa shape index (κ2) is 5.35. The summed E-state index contributed by atoms with van der Waals surface area (Å²) in [5.41, 5.74) is 2.53. The molecule has 0 amide bonds. The number of anilines is 1. The molecule has 2 rings (SSSR count). The normalized spacial score (nSPS) is 11.1. The Bertz CT molecular complexity index is 752. The number of nitrogens with zero attached hydrogens (tertiary/aromatic N) is 2. The fourth-order valence-corrected chi connectivity index (χ4v) is 3.20. The van der Waals surface area contributed by atoms with E-state index in [1.165, 1.54) is 0 Å². The fourth-order valence-electron chi connectivity index (χ4n) is 1.85. The van der Waals surface area contributed by atoms with E-state index in [1.807, 2.05) is 6.07 Å². The lowest BCUT2D eigenvalue weighted by molar-refractivity contribution is 0.600. The molecule has 0 atom stereocenters. The van der Waals surface area contributed by atoms with Crippen molar-refractivity contribution < 1.29 is 8.42 Å². The molecular formula is C13H14N4O2S. The summed E-state index contributed by atoms with van der Waals surface area (Å²) >= 11 is 0. The van der Waals surface area contributed by atoms with E-state index in [0.717, 1.165) is 0 Å². The van der Waals surface area contributed by atoms with Gasteiger partial charge >= 0.3 is 0 Å². The van der Waals surface area contributed by atoms with Crippen LogP contribution in [0.5, 0.6) is 0 Å². The summed E-state index contributed by atoms with van der Waals surface area (Å²) in [6.07, 6.45) is 0. The summed E-state index contributed by atoms with van der Waals surface area (Å²) in [6.45, 7) is 3.45. The third-order valence-electron chi connectivity index (χ3n) is 2.87. The Kier molecular flexibility index (Phi) is 3.77. The minimum atomic E-state index is -3.60. The first-order valence-electron chi connectivity index (χ1n) is 5.93. The Morgan fingerprint density at radius 2 is 2.05 bits per heavy atom. The average Bonchev–Trinajstić information content (AvgIpc) is 2.70. The van der Waals surface area contributed by atoms with Crippen LogP contribution < -0.4 is 4.72 Å². The molecule has 1 aromatic heterocycles. The lowest BCUT2D eigenvalue weighted by atomic mass is 10.1. The number of sulfonamides is 1. The highest BCUT2D eigenvalue weighted by molar-refractivity contribution is 7.91. The zero-order chi connectivity index (χ0) is 14.8. The summed E-state index contributed by atoms with van der Waals surface area (Å²) < 4.78 is 26.9. The Labute approximate surface area is 117 Å². The molecule has 2 N–H and O–H groups in total. The zero-order valence-electron chi connectivity index (χ0n) is 11.1. The monoisotopic (exact) mass is 290 g/mol. The van der Waals surface area contributed by atoms with E-state index in [4.69, 9.17) is 5.26 Å². The third-order valence-corrected chi connectivity index (χ3v) is 4.08. The molecule has 1 heterocycles. The first kappa shape index (κ1) is 14.1. The fraction of sp³-hybridized carbons (Fsp3) is 0.231. The van der Waals surface area contributed by atoms with Gasteiger partial charge in [0.05, 0.1) is 34.5 Å². The van der Waals surface area contributed by atoms with E-state index >= 15 is 0 Å². The molecule has 0 aliphatic heterocycles. The highest BCUT2D eigenvalue weighted by Crippen LogP contribution is 2.20. The van der Waals surface area contributed by atoms with Crippen molar-refractivity contribution in [3.63, 3.8) is 0 Å². The van der Waals surface area contributed by atoms with Crippen LogP contribution in [0.15, 0.2) is 24.3 Å². The lowest BCUT2D eigenvalue weighted by Crippen LogP contribution is -2.16. The molecule has 20 heavy (non-hydrogen) atoms. The summed E-state index contributed by atoms with van der Waals surface area (Å²) in [5, 5.41) is 15.6. The molecule has 0 saturated heterocycles. The number of nitriles is 1. The van der Waals surface area contributed by atoms with Gasteiger partial charge in [-0.15, -0.1) is 0 Å². The van der Waals surface area contributed by atoms with Crippen LogP contribution >= 0.6 is 0 Å². The molecule has 1 aromatic carbocycles. The molecule has 0 aliphatic carbocycles. The Morgan fingerprint density at radius 1 is 1.35 bits per heavy atom. The summed E-state index contributed by atoms with van der Waals surface area (Å²) in [6, 6.07) is 8.63. The standard InChI is InChI=1S/C13H14N4O2S/c1-9-13(10(2)16-15-9)17-20(18,19)8-12-6-4-3-5-11(12)7-14/h3-6,17H,8H2,1-2H3,(H,15,16). The molecule has 7 heteroatoms.